The lowest BCUT2D eigenvalue weighted by Gasteiger charge is -2.08. The van der Waals surface area contributed by atoms with Crippen molar-refractivity contribution >= 4 is 11.8 Å². The van der Waals surface area contributed by atoms with Crippen LogP contribution in [0.4, 0.5) is 0 Å². The molecule has 1 aliphatic carbocycles. The third-order valence-corrected chi connectivity index (χ3v) is 1.65. The number of carbonyl (C=O) groups is 2. The number of carbonyl (C=O) groups excluding carboxylic acids is 2. The summed E-state index contributed by atoms with van der Waals surface area (Å²) < 4.78 is 4.48. The minimum Gasteiger partial charge on any atom is -0.466 e. The molecule has 0 aromatic heterocycles. The van der Waals surface area contributed by atoms with E-state index in [4.69, 9.17) is 0 Å². The number of esters is 1. The van der Waals surface area contributed by atoms with Crippen molar-refractivity contribution in [2.75, 3.05) is 7.11 Å². The summed E-state index contributed by atoms with van der Waals surface area (Å²) in [6.07, 6.45) is 3.24. The molecule has 0 aromatic carbocycles. The molecule has 0 spiro atoms. The fourth-order valence-corrected chi connectivity index (χ4v) is 1.07. The molecular formula is C10H16O3. The zero-order chi connectivity index (χ0) is 10.3. The van der Waals surface area contributed by atoms with Gasteiger partial charge in [0, 0.05) is 18.4 Å². The fraction of sp³-hybridized carbons (Fsp3) is 0.600. The second kappa shape index (κ2) is 6.40. The van der Waals surface area contributed by atoms with Gasteiger partial charge in [0.05, 0.1) is 7.11 Å². The molecule has 1 aliphatic rings. The Morgan fingerprint density at radius 3 is 2.54 bits per heavy atom. The summed E-state index contributed by atoms with van der Waals surface area (Å²) in [5.41, 5.74) is 0.503. The zero-order valence-electron chi connectivity index (χ0n) is 8.42. The van der Waals surface area contributed by atoms with E-state index in [1.54, 1.807) is 6.08 Å². The number of rotatable bonds is 1. The van der Waals surface area contributed by atoms with Crippen LogP contribution in [0.2, 0.25) is 0 Å². The molecule has 0 amide bonds. The maximum Gasteiger partial charge on any atom is 0.333 e. The van der Waals surface area contributed by atoms with E-state index in [2.05, 4.69) is 4.74 Å². The Hall–Kier alpha value is -1.12. The van der Waals surface area contributed by atoms with Gasteiger partial charge in [-0.1, -0.05) is 19.9 Å². The molecule has 13 heavy (non-hydrogen) atoms. The summed E-state index contributed by atoms with van der Waals surface area (Å²) >= 11 is 0. The standard InChI is InChI=1S/C8H10O3.C2H6/c1-11-8(10)6-3-2-4-7(9)5-6;1-2/h3H,2,4-5H2,1H3;1-2H3. The molecule has 0 bridgehead atoms. The first kappa shape index (κ1) is 11.9. The monoisotopic (exact) mass is 184 g/mol. The van der Waals surface area contributed by atoms with Crippen molar-refractivity contribution in [3.8, 4) is 0 Å². The summed E-state index contributed by atoms with van der Waals surface area (Å²) in [5, 5.41) is 0. The van der Waals surface area contributed by atoms with E-state index in [9.17, 15) is 9.59 Å². The van der Waals surface area contributed by atoms with Crippen LogP contribution in [0.5, 0.6) is 0 Å². The minimum atomic E-state index is -0.377. The number of hydrogen-bond donors (Lipinski definition) is 0. The molecule has 0 unspecified atom stereocenters. The lowest BCUT2D eigenvalue weighted by Crippen LogP contribution is -2.13. The summed E-state index contributed by atoms with van der Waals surface area (Å²) in [6.45, 7) is 4.00. The highest BCUT2D eigenvalue weighted by Crippen LogP contribution is 2.15. The maximum atomic E-state index is 10.9. The molecule has 0 saturated carbocycles. The largest absolute Gasteiger partial charge is 0.466 e. The lowest BCUT2D eigenvalue weighted by molar-refractivity contribution is -0.137. The van der Waals surface area contributed by atoms with Crippen LogP contribution < -0.4 is 0 Å². The van der Waals surface area contributed by atoms with Gasteiger partial charge in [0.15, 0.2) is 0 Å². The van der Waals surface area contributed by atoms with Crippen LogP contribution in [0.25, 0.3) is 0 Å². The van der Waals surface area contributed by atoms with Gasteiger partial charge in [-0.15, -0.1) is 0 Å². The van der Waals surface area contributed by atoms with Crippen LogP contribution in [-0.2, 0) is 14.3 Å². The van der Waals surface area contributed by atoms with Gasteiger partial charge in [-0.25, -0.2) is 4.79 Å². The van der Waals surface area contributed by atoms with E-state index in [0.29, 0.717) is 18.4 Å². The van der Waals surface area contributed by atoms with Crippen molar-refractivity contribution in [1.82, 2.24) is 0 Å². The van der Waals surface area contributed by atoms with Crippen LogP contribution in [0.3, 0.4) is 0 Å². The third-order valence-electron chi connectivity index (χ3n) is 1.65. The summed E-state index contributed by atoms with van der Waals surface area (Å²) in [5.74, 6) is -0.258. The van der Waals surface area contributed by atoms with Gasteiger partial charge in [-0.3, -0.25) is 4.79 Å². The molecule has 3 nitrogen and oxygen atoms in total. The minimum absolute atomic E-state index is 0.118. The number of ketones is 1. The molecule has 0 saturated heterocycles. The van der Waals surface area contributed by atoms with Gasteiger partial charge < -0.3 is 4.74 Å². The molecule has 74 valence electrons. The van der Waals surface area contributed by atoms with Crippen molar-refractivity contribution in [1.29, 1.82) is 0 Å². The smallest absolute Gasteiger partial charge is 0.333 e. The first-order chi connectivity index (χ1) is 6.24. The van der Waals surface area contributed by atoms with Crippen molar-refractivity contribution < 1.29 is 14.3 Å². The molecule has 0 atom stereocenters. The highest BCUT2D eigenvalue weighted by atomic mass is 16.5. The molecule has 0 N–H and O–H groups in total. The maximum absolute atomic E-state index is 10.9. The average Bonchev–Trinajstić information content (AvgIpc) is 2.20. The van der Waals surface area contributed by atoms with Crippen molar-refractivity contribution in [2.45, 2.75) is 33.1 Å². The normalized spacial score (nSPS) is 15.3. The Labute approximate surface area is 78.8 Å². The van der Waals surface area contributed by atoms with Crippen LogP contribution in [-0.4, -0.2) is 18.9 Å². The van der Waals surface area contributed by atoms with Gasteiger partial charge in [-0.05, 0) is 6.42 Å². The lowest BCUT2D eigenvalue weighted by atomic mass is 9.99. The Morgan fingerprint density at radius 1 is 1.46 bits per heavy atom. The number of hydrogen-bond acceptors (Lipinski definition) is 3. The molecule has 0 aromatic rings. The highest BCUT2D eigenvalue weighted by Gasteiger charge is 2.17. The van der Waals surface area contributed by atoms with E-state index in [-0.39, 0.29) is 18.2 Å². The SMILES string of the molecule is CC.COC(=O)C1=CCCC(=O)C1. The van der Waals surface area contributed by atoms with E-state index in [0.717, 1.165) is 0 Å². The van der Waals surface area contributed by atoms with Crippen LogP contribution in [0.1, 0.15) is 33.1 Å². The molecule has 1 rings (SSSR count). The van der Waals surface area contributed by atoms with Gasteiger partial charge in [-0.2, -0.15) is 0 Å². The summed E-state index contributed by atoms with van der Waals surface area (Å²) in [4.78, 5) is 21.7. The molecule has 3 heteroatoms. The van der Waals surface area contributed by atoms with Crippen molar-refractivity contribution in [3.05, 3.63) is 11.6 Å². The Bertz CT molecular complexity index is 216. The number of allylic oxidation sites excluding steroid dienone is 1. The van der Waals surface area contributed by atoms with Crippen LogP contribution in [0, 0.1) is 0 Å². The first-order valence-electron chi connectivity index (χ1n) is 4.53. The quantitative estimate of drug-likeness (QED) is 0.584. The van der Waals surface area contributed by atoms with Crippen LogP contribution in [0.15, 0.2) is 11.6 Å². The van der Waals surface area contributed by atoms with E-state index in [1.807, 2.05) is 13.8 Å². The van der Waals surface area contributed by atoms with Gasteiger partial charge in [0.25, 0.3) is 0 Å². The highest BCUT2D eigenvalue weighted by molar-refractivity contribution is 5.97. The summed E-state index contributed by atoms with van der Waals surface area (Å²) in [6, 6.07) is 0. The van der Waals surface area contributed by atoms with Gasteiger partial charge >= 0.3 is 5.97 Å². The Morgan fingerprint density at radius 2 is 2.08 bits per heavy atom. The number of ether oxygens (including phenoxy) is 1. The zero-order valence-corrected chi connectivity index (χ0v) is 8.42. The van der Waals surface area contributed by atoms with E-state index < -0.39 is 0 Å². The predicted molar refractivity (Wildman–Crippen MR) is 50.3 cm³/mol. The molecule has 0 fully saturated rings. The fourth-order valence-electron chi connectivity index (χ4n) is 1.07. The molecular weight excluding hydrogens is 168 g/mol. The summed E-state index contributed by atoms with van der Waals surface area (Å²) in [7, 11) is 1.32. The Kier molecular flexibility index (Phi) is 5.85. The van der Waals surface area contributed by atoms with Gasteiger partial charge in [0.1, 0.15) is 5.78 Å². The average molecular weight is 184 g/mol. The predicted octanol–water partition coefficient (Wildman–Crippen LogP) is 1.86. The van der Waals surface area contributed by atoms with Crippen LogP contribution >= 0.6 is 0 Å². The Balaban J connectivity index is 0.000000671. The molecule has 0 heterocycles. The van der Waals surface area contributed by atoms with E-state index >= 15 is 0 Å². The first-order valence-corrected chi connectivity index (χ1v) is 4.53. The topological polar surface area (TPSA) is 43.4 Å². The van der Waals surface area contributed by atoms with Crippen molar-refractivity contribution in [3.63, 3.8) is 0 Å². The van der Waals surface area contributed by atoms with Gasteiger partial charge in [0.2, 0.25) is 0 Å². The number of Topliss-reactive ketones (excluding diaryl/α,β-unsaturated/α-hetero) is 1. The second-order valence-electron chi connectivity index (χ2n) is 2.48. The third kappa shape index (κ3) is 3.87. The van der Waals surface area contributed by atoms with E-state index in [1.165, 1.54) is 7.11 Å². The number of methoxy groups -OCH3 is 1. The molecule has 0 aliphatic heterocycles. The second-order valence-corrected chi connectivity index (χ2v) is 2.48. The molecule has 0 radical (unpaired) electrons. The van der Waals surface area contributed by atoms with Crippen molar-refractivity contribution in [2.24, 2.45) is 0 Å².